The largest absolute Gasteiger partial charge is 0.395 e. The maximum atomic E-state index is 8.99. The molecule has 3 heterocycles. The van der Waals surface area contributed by atoms with Gasteiger partial charge >= 0.3 is 0 Å². The lowest BCUT2D eigenvalue weighted by molar-refractivity contribution is 0.188. The topological polar surface area (TPSA) is 78.5 Å². The van der Waals surface area contributed by atoms with Crippen molar-refractivity contribution in [2.75, 3.05) is 50.0 Å². The van der Waals surface area contributed by atoms with E-state index in [4.69, 9.17) is 10.8 Å². The number of rotatable bonds is 3. The summed E-state index contributed by atoms with van der Waals surface area (Å²) in [6.45, 7) is 6.72. The summed E-state index contributed by atoms with van der Waals surface area (Å²) in [5, 5.41) is 10.1. The molecule has 0 saturated carbocycles. The third-order valence-electron chi connectivity index (χ3n) is 3.60. The lowest BCUT2D eigenvalue weighted by Crippen LogP contribution is -2.47. The maximum absolute atomic E-state index is 8.99. The van der Waals surface area contributed by atoms with Gasteiger partial charge < -0.3 is 15.7 Å². The van der Waals surface area contributed by atoms with Crippen molar-refractivity contribution in [3.8, 4) is 0 Å². The molecule has 7 heteroatoms. The van der Waals surface area contributed by atoms with E-state index in [1.54, 1.807) is 11.3 Å². The molecule has 108 valence electrons. The molecular weight excluding hydrogens is 274 g/mol. The predicted octanol–water partition coefficient (Wildman–Crippen LogP) is 0.696. The van der Waals surface area contributed by atoms with Gasteiger partial charge in [-0.15, -0.1) is 11.3 Å². The van der Waals surface area contributed by atoms with E-state index in [2.05, 4.69) is 32.8 Å². The highest BCUT2D eigenvalue weighted by Gasteiger charge is 2.21. The van der Waals surface area contributed by atoms with Gasteiger partial charge in [-0.1, -0.05) is 0 Å². The van der Waals surface area contributed by atoms with Gasteiger partial charge in [0.05, 0.1) is 12.0 Å². The van der Waals surface area contributed by atoms with Crippen LogP contribution in [0.2, 0.25) is 0 Å². The van der Waals surface area contributed by atoms with Crippen molar-refractivity contribution in [2.24, 2.45) is 0 Å². The van der Waals surface area contributed by atoms with Crippen LogP contribution in [-0.2, 0) is 0 Å². The number of aliphatic hydroxyl groups is 1. The Morgan fingerprint density at radius 2 is 2.05 bits per heavy atom. The average molecular weight is 293 g/mol. The molecular formula is C13H19N5OS. The number of thiophene rings is 1. The van der Waals surface area contributed by atoms with Crippen molar-refractivity contribution >= 4 is 33.3 Å². The minimum absolute atomic E-state index is 0.217. The molecule has 1 aliphatic rings. The predicted molar refractivity (Wildman–Crippen MR) is 82.3 cm³/mol. The Morgan fingerprint density at radius 3 is 2.75 bits per heavy atom. The number of aliphatic hydroxyl groups excluding tert-OH is 1. The van der Waals surface area contributed by atoms with Gasteiger partial charge in [0.15, 0.2) is 0 Å². The third kappa shape index (κ3) is 2.56. The highest BCUT2D eigenvalue weighted by atomic mass is 32.1. The van der Waals surface area contributed by atoms with Crippen LogP contribution in [-0.4, -0.2) is 59.3 Å². The number of hydrogen-bond acceptors (Lipinski definition) is 7. The van der Waals surface area contributed by atoms with Crippen molar-refractivity contribution in [1.29, 1.82) is 0 Å². The molecule has 0 amide bonds. The second kappa shape index (κ2) is 5.51. The van der Waals surface area contributed by atoms with Crippen LogP contribution < -0.4 is 10.6 Å². The Balaban J connectivity index is 1.87. The summed E-state index contributed by atoms with van der Waals surface area (Å²) in [5.74, 6) is 1.28. The van der Waals surface area contributed by atoms with Crippen LogP contribution in [0.15, 0.2) is 6.07 Å². The summed E-state index contributed by atoms with van der Waals surface area (Å²) >= 11 is 1.65. The first-order valence-corrected chi connectivity index (χ1v) is 7.61. The van der Waals surface area contributed by atoms with Gasteiger partial charge in [-0.3, -0.25) is 4.90 Å². The summed E-state index contributed by atoms with van der Waals surface area (Å²) < 4.78 is 0. The maximum Gasteiger partial charge on any atom is 0.223 e. The lowest BCUT2D eigenvalue weighted by Gasteiger charge is -2.35. The SMILES string of the molecule is Cc1cc2c(N3CCN(CCO)CC3)nc(N)nc2s1. The first-order chi connectivity index (χ1) is 9.67. The van der Waals surface area contributed by atoms with E-state index in [1.165, 1.54) is 4.88 Å². The number of β-amino-alcohol motifs (C(OH)–C–C–N with tert-alkyl or cyclic N) is 1. The zero-order valence-electron chi connectivity index (χ0n) is 11.5. The van der Waals surface area contributed by atoms with Gasteiger partial charge in [0.2, 0.25) is 5.95 Å². The van der Waals surface area contributed by atoms with Gasteiger partial charge in [-0.25, -0.2) is 4.98 Å². The van der Waals surface area contributed by atoms with Crippen molar-refractivity contribution in [3.63, 3.8) is 0 Å². The lowest BCUT2D eigenvalue weighted by atomic mass is 10.2. The molecule has 0 aromatic carbocycles. The zero-order chi connectivity index (χ0) is 14.1. The number of aryl methyl sites for hydroxylation is 1. The van der Waals surface area contributed by atoms with Gasteiger partial charge in [-0.05, 0) is 13.0 Å². The van der Waals surface area contributed by atoms with Crippen molar-refractivity contribution in [1.82, 2.24) is 14.9 Å². The van der Waals surface area contributed by atoms with Crippen LogP contribution in [0.3, 0.4) is 0 Å². The molecule has 1 saturated heterocycles. The molecule has 1 fully saturated rings. The Morgan fingerprint density at radius 1 is 1.30 bits per heavy atom. The summed E-state index contributed by atoms with van der Waals surface area (Å²) in [4.78, 5) is 15.5. The normalized spacial score (nSPS) is 17.0. The highest BCUT2D eigenvalue weighted by molar-refractivity contribution is 7.18. The summed E-state index contributed by atoms with van der Waals surface area (Å²) in [6.07, 6.45) is 0. The van der Waals surface area contributed by atoms with Crippen molar-refractivity contribution in [3.05, 3.63) is 10.9 Å². The first kappa shape index (κ1) is 13.5. The van der Waals surface area contributed by atoms with Crippen LogP contribution in [0.1, 0.15) is 4.88 Å². The molecule has 0 atom stereocenters. The molecule has 20 heavy (non-hydrogen) atoms. The number of fused-ring (bicyclic) bond motifs is 1. The van der Waals surface area contributed by atoms with Crippen LogP contribution in [0.25, 0.3) is 10.2 Å². The van der Waals surface area contributed by atoms with Gasteiger partial charge in [0.25, 0.3) is 0 Å². The molecule has 0 bridgehead atoms. The van der Waals surface area contributed by atoms with Gasteiger partial charge in [0.1, 0.15) is 10.6 Å². The average Bonchev–Trinajstić information content (AvgIpc) is 2.79. The fourth-order valence-corrected chi connectivity index (χ4v) is 3.49. The number of piperazine rings is 1. The van der Waals surface area contributed by atoms with E-state index in [9.17, 15) is 0 Å². The van der Waals surface area contributed by atoms with Crippen LogP contribution in [0.5, 0.6) is 0 Å². The molecule has 1 aliphatic heterocycles. The van der Waals surface area contributed by atoms with E-state index < -0.39 is 0 Å². The minimum atomic E-state index is 0.217. The molecule has 2 aromatic heterocycles. The molecule has 2 aromatic rings. The Hall–Kier alpha value is -1.44. The standard InChI is InChI=1S/C13H19N5OS/c1-9-8-10-11(15-13(14)16-12(10)20-9)18-4-2-17(3-5-18)6-7-19/h8,19H,2-7H2,1H3,(H2,14,15,16). The number of nitrogens with two attached hydrogens (primary N) is 1. The Bertz CT molecular complexity index is 606. The van der Waals surface area contributed by atoms with Gasteiger partial charge in [0, 0.05) is 37.6 Å². The summed E-state index contributed by atoms with van der Waals surface area (Å²) in [6, 6.07) is 2.13. The third-order valence-corrected chi connectivity index (χ3v) is 4.55. The summed E-state index contributed by atoms with van der Waals surface area (Å²) in [5.41, 5.74) is 5.83. The van der Waals surface area contributed by atoms with Crippen molar-refractivity contribution < 1.29 is 5.11 Å². The smallest absolute Gasteiger partial charge is 0.223 e. The molecule has 3 rings (SSSR count). The van der Waals surface area contributed by atoms with Crippen LogP contribution in [0.4, 0.5) is 11.8 Å². The monoisotopic (exact) mass is 293 g/mol. The summed E-state index contributed by atoms with van der Waals surface area (Å²) in [7, 11) is 0. The van der Waals surface area contributed by atoms with Crippen molar-refractivity contribution in [2.45, 2.75) is 6.92 Å². The zero-order valence-corrected chi connectivity index (χ0v) is 12.4. The molecule has 6 nitrogen and oxygen atoms in total. The number of hydrogen-bond donors (Lipinski definition) is 2. The Kier molecular flexibility index (Phi) is 3.73. The minimum Gasteiger partial charge on any atom is -0.395 e. The van der Waals surface area contributed by atoms with E-state index in [1.807, 2.05) is 0 Å². The molecule has 3 N–H and O–H groups in total. The fraction of sp³-hybridized carbons (Fsp3) is 0.538. The second-order valence-electron chi connectivity index (χ2n) is 5.03. The van der Waals surface area contributed by atoms with Crippen LogP contribution in [0, 0.1) is 6.92 Å². The highest BCUT2D eigenvalue weighted by Crippen LogP contribution is 2.31. The molecule has 0 spiro atoms. The molecule has 0 radical (unpaired) electrons. The van der Waals surface area contributed by atoms with E-state index in [0.29, 0.717) is 5.95 Å². The number of anilines is 2. The first-order valence-electron chi connectivity index (χ1n) is 6.79. The van der Waals surface area contributed by atoms with E-state index >= 15 is 0 Å². The molecule has 0 unspecified atom stereocenters. The number of aromatic nitrogens is 2. The number of nitrogen functional groups attached to an aromatic ring is 1. The van der Waals surface area contributed by atoms with E-state index in [-0.39, 0.29) is 6.61 Å². The fourth-order valence-electron chi connectivity index (χ4n) is 2.61. The second-order valence-corrected chi connectivity index (χ2v) is 6.27. The van der Waals surface area contributed by atoms with Gasteiger partial charge in [-0.2, -0.15) is 4.98 Å². The van der Waals surface area contributed by atoms with Crippen LogP contribution >= 0.6 is 11.3 Å². The molecule has 0 aliphatic carbocycles. The quantitative estimate of drug-likeness (QED) is 0.867. The Labute approximate surface area is 121 Å². The number of nitrogens with zero attached hydrogens (tertiary/aromatic N) is 4. The van der Waals surface area contributed by atoms with E-state index in [0.717, 1.165) is 48.8 Å².